The number of hydrogen-bond donors (Lipinski definition) is 3. The van der Waals surface area contributed by atoms with Gasteiger partial charge in [-0.2, -0.15) is 0 Å². The molecule has 0 heterocycles. The molecule has 3 N–H and O–H groups in total. The topological polar surface area (TPSA) is 237 Å². The average Bonchev–Trinajstić information content (AvgIpc) is 3.43. The smallest absolute Gasteiger partial charge is 0.462 e. The van der Waals surface area contributed by atoms with Crippen LogP contribution < -0.4 is 0 Å². The van der Waals surface area contributed by atoms with Gasteiger partial charge in [0, 0.05) is 25.7 Å². The standard InChI is InChI=1S/C72H140O17P2/c1-62(2)48-40-32-24-18-13-11-9-10-12-14-21-27-36-44-52-69(74)82-58-67(88-71(76)54-46-38-28-22-16-15-19-25-33-41-49-63(3)4)60-86-90(78,79)84-56-66(73)57-85-91(80,81)87-61-68(59-83-70(75)53-45-37-31-30-35-43-51-65(7)8)89-72(77)55-47-39-29-23-17-20-26-34-42-50-64(5)6/h62-68,73H,9-61H2,1-8H3,(H,78,79)(H,80,81)/t66-,67-,68-/m1/s1. The number of aliphatic hydroxyl groups is 1. The molecule has 17 nitrogen and oxygen atoms in total. The Hall–Kier alpha value is -1.94. The van der Waals surface area contributed by atoms with Crippen LogP contribution in [0.3, 0.4) is 0 Å². The van der Waals surface area contributed by atoms with Gasteiger partial charge in [-0.25, -0.2) is 9.13 Å². The summed E-state index contributed by atoms with van der Waals surface area (Å²) in [7, 11) is -9.90. The van der Waals surface area contributed by atoms with Gasteiger partial charge in [0.2, 0.25) is 0 Å². The Kier molecular flexibility index (Phi) is 60.3. The third-order valence-electron chi connectivity index (χ3n) is 16.6. The summed E-state index contributed by atoms with van der Waals surface area (Å²) in [4.78, 5) is 72.6. The molecule has 0 aliphatic rings. The molecular weight excluding hydrogens is 1200 g/mol. The fourth-order valence-corrected chi connectivity index (χ4v) is 12.4. The van der Waals surface area contributed by atoms with Crippen molar-refractivity contribution in [3.63, 3.8) is 0 Å². The highest BCUT2D eigenvalue weighted by Crippen LogP contribution is 2.45. The van der Waals surface area contributed by atoms with Crippen LogP contribution in [0.1, 0.15) is 357 Å². The van der Waals surface area contributed by atoms with Crippen LogP contribution in [0.15, 0.2) is 0 Å². The van der Waals surface area contributed by atoms with Gasteiger partial charge in [-0.15, -0.1) is 0 Å². The van der Waals surface area contributed by atoms with E-state index in [9.17, 15) is 43.2 Å². The van der Waals surface area contributed by atoms with Gasteiger partial charge in [-0.3, -0.25) is 37.3 Å². The van der Waals surface area contributed by atoms with Crippen molar-refractivity contribution in [1.29, 1.82) is 0 Å². The molecule has 0 spiro atoms. The van der Waals surface area contributed by atoms with Crippen molar-refractivity contribution in [1.82, 2.24) is 0 Å². The lowest BCUT2D eigenvalue weighted by Crippen LogP contribution is -2.30. The van der Waals surface area contributed by atoms with Crippen LogP contribution in [0.4, 0.5) is 0 Å². The lowest BCUT2D eigenvalue weighted by atomic mass is 10.0. The first-order valence-corrected chi connectivity index (χ1v) is 40.2. The van der Waals surface area contributed by atoms with E-state index >= 15 is 0 Å². The molecule has 0 bridgehead atoms. The Labute approximate surface area is 556 Å². The predicted molar refractivity (Wildman–Crippen MR) is 367 cm³/mol. The van der Waals surface area contributed by atoms with Gasteiger partial charge >= 0.3 is 39.5 Å². The number of aliphatic hydroxyl groups excluding tert-OH is 1. The van der Waals surface area contributed by atoms with Crippen molar-refractivity contribution in [2.45, 2.75) is 375 Å². The van der Waals surface area contributed by atoms with E-state index in [0.717, 1.165) is 114 Å². The Bertz CT molecular complexity index is 1800. The highest BCUT2D eigenvalue weighted by molar-refractivity contribution is 7.47. The third kappa shape index (κ3) is 66.5. The molecule has 91 heavy (non-hydrogen) atoms. The van der Waals surface area contributed by atoms with Crippen LogP contribution >= 0.6 is 15.6 Å². The predicted octanol–water partition coefficient (Wildman–Crippen LogP) is 20.5. The number of hydrogen-bond acceptors (Lipinski definition) is 15. The maximum atomic E-state index is 13.0. The zero-order valence-corrected chi connectivity index (χ0v) is 61.3. The normalized spacial score (nSPS) is 14.2. The molecule has 0 aromatic heterocycles. The molecular formula is C72H140O17P2. The van der Waals surface area contributed by atoms with E-state index in [2.05, 4.69) is 55.4 Å². The van der Waals surface area contributed by atoms with E-state index < -0.39 is 97.5 Å². The van der Waals surface area contributed by atoms with Crippen LogP contribution in [-0.2, 0) is 65.4 Å². The molecule has 0 saturated heterocycles. The third-order valence-corrected chi connectivity index (χ3v) is 18.5. The summed E-state index contributed by atoms with van der Waals surface area (Å²) in [6, 6.07) is 0. The number of ether oxygens (including phenoxy) is 4. The van der Waals surface area contributed by atoms with Gasteiger partial charge in [0.25, 0.3) is 0 Å². The molecule has 0 aliphatic heterocycles. The number of rotatable bonds is 69. The van der Waals surface area contributed by atoms with Gasteiger partial charge in [0.05, 0.1) is 26.4 Å². The van der Waals surface area contributed by atoms with Gasteiger partial charge < -0.3 is 33.8 Å². The monoisotopic (exact) mass is 1340 g/mol. The zero-order chi connectivity index (χ0) is 67.5. The van der Waals surface area contributed by atoms with Crippen LogP contribution in [0, 0.1) is 23.7 Å². The van der Waals surface area contributed by atoms with Crippen molar-refractivity contribution in [2.24, 2.45) is 23.7 Å². The van der Waals surface area contributed by atoms with Crippen LogP contribution in [0.2, 0.25) is 0 Å². The summed E-state index contributed by atoms with van der Waals surface area (Å²) in [5, 5.41) is 10.6. The van der Waals surface area contributed by atoms with Crippen molar-refractivity contribution < 1.29 is 80.2 Å². The summed E-state index contributed by atoms with van der Waals surface area (Å²) in [5.74, 6) is 0.838. The van der Waals surface area contributed by atoms with Gasteiger partial charge in [-0.1, -0.05) is 306 Å². The van der Waals surface area contributed by atoms with Gasteiger partial charge in [0.15, 0.2) is 12.2 Å². The lowest BCUT2D eigenvalue weighted by Gasteiger charge is -2.21. The van der Waals surface area contributed by atoms with E-state index in [0.29, 0.717) is 31.6 Å². The quantitative estimate of drug-likeness (QED) is 0.0222. The minimum absolute atomic E-state index is 0.104. The summed E-state index contributed by atoms with van der Waals surface area (Å²) in [6.07, 6.45) is 44.6. The van der Waals surface area contributed by atoms with E-state index in [1.54, 1.807) is 0 Å². The second-order valence-electron chi connectivity index (χ2n) is 27.9. The van der Waals surface area contributed by atoms with E-state index in [1.807, 2.05) is 0 Å². The molecule has 19 heteroatoms. The first-order valence-electron chi connectivity index (χ1n) is 37.2. The van der Waals surface area contributed by atoms with Crippen molar-refractivity contribution in [2.75, 3.05) is 39.6 Å². The Morgan fingerprint density at radius 2 is 0.462 bits per heavy atom. The molecule has 0 rings (SSSR count). The maximum Gasteiger partial charge on any atom is 0.472 e. The molecule has 0 saturated carbocycles. The van der Waals surface area contributed by atoms with Crippen molar-refractivity contribution >= 4 is 39.5 Å². The van der Waals surface area contributed by atoms with Crippen LogP contribution in [0.25, 0.3) is 0 Å². The zero-order valence-electron chi connectivity index (χ0n) is 59.5. The number of phosphoric ester groups is 2. The average molecular weight is 1340 g/mol. The second kappa shape index (κ2) is 61.6. The second-order valence-corrected chi connectivity index (χ2v) is 30.8. The molecule has 540 valence electrons. The number of carbonyl (C=O) groups excluding carboxylic acids is 4. The molecule has 0 aliphatic carbocycles. The van der Waals surface area contributed by atoms with Crippen LogP contribution in [-0.4, -0.2) is 96.7 Å². The van der Waals surface area contributed by atoms with Crippen molar-refractivity contribution in [3.05, 3.63) is 0 Å². The first kappa shape index (κ1) is 89.1. The summed E-state index contributed by atoms with van der Waals surface area (Å²) >= 11 is 0. The van der Waals surface area contributed by atoms with E-state index in [4.69, 9.17) is 37.0 Å². The lowest BCUT2D eigenvalue weighted by molar-refractivity contribution is -0.161. The molecule has 0 fully saturated rings. The summed E-state index contributed by atoms with van der Waals surface area (Å²) in [6.45, 7) is 14.1. The SMILES string of the molecule is CC(C)CCCCCCCCCCCCCCCCC(=O)OC[C@H](COP(=O)(O)OC[C@@H](O)COP(=O)(O)OC[C@@H](COC(=O)CCCCCCCCC(C)C)OC(=O)CCCCCCCCCCCC(C)C)OC(=O)CCCCCCCCCCCCC(C)C. The van der Waals surface area contributed by atoms with Gasteiger partial charge in [0.1, 0.15) is 19.3 Å². The number of carbonyl (C=O) groups is 4. The molecule has 2 unspecified atom stereocenters. The van der Waals surface area contributed by atoms with Gasteiger partial charge in [-0.05, 0) is 49.4 Å². The molecule has 0 aromatic rings. The molecule has 0 radical (unpaired) electrons. The number of esters is 4. The number of unbranched alkanes of at least 4 members (excludes halogenated alkanes) is 35. The Morgan fingerprint density at radius 3 is 0.681 bits per heavy atom. The number of phosphoric acid groups is 2. The Balaban J connectivity index is 5.23. The maximum absolute atomic E-state index is 13.0. The van der Waals surface area contributed by atoms with Crippen molar-refractivity contribution in [3.8, 4) is 0 Å². The van der Waals surface area contributed by atoms with E-state index in [-0.39, 0.29) is 25.7 Å². The van der Waals surface area contributed by atoms with E-state index in [1.165, 1.54) is 154 Å². The first-order chi connectivity index (χ1) is 43.6. The minimum atomic E-state index is -4.95. The molecule has 0 amide bonds. The fourth-order valence-electron chi connectivity index (χ4n) is 10.8. The molecule has 0 aromatic carbocycles. The van der Waals surface area contributed by atoms with Crippen LogP contribution in [0.5, 0.6) is 0 Å². The highest BCUT2D eigenvalue weighted by atomic mass is 31.2. The largest absolute Gasteiger partial charge is 0.472 e. The highest BCUT2D eigenvalue weighted by Gasteiger charge is 2.30. The molecule has 5 atom stereocenters. The summed E-state index contributed by atoms with van der Waals surface area (Å²) in [5.41, 5.74) is 0. The minimum Gasteiger partial charge on any atom is -0.462 e. The summed E-state index contributed by atoms with van der Waals surface area (Å²) < 4.78 is 68.3. The fraction of sp³-hybridized carbons (Fsp3) is 0.944. The Morgan fingerprint density at radius 1 is 0.275 bits per heavy atom.